The third kappa shape index (κ3) is 3.54. The molecule has 0 atom stereocenters. The van der Waals surface area contributed by atoms with Crippen LogP contribution in [0.4, 0.5) is 5.13 Å². The Labute approximate surface area is 117 Å². The zero-order valence-corrected chi connectivity index (χ0v) is 12.1. The summed E-state index contributed by atoms with van der Waals surface area (Å²) < 4.78 is 0. The Morgan fingerprint density at radius 2 is 2.11 bits per heavy atom. The molecule has 104 valence electrons. The monoisotopic (exact) mass is 281 g/mol. The highest BCUT2D eigenvalue weighted by Gasteiger charge is 2.18. The lowest BCUT2D eigenvalue weighted by atomic mass is 10.3. The van der Waals surface area contributed by atoms with Crippen LogP contribution in [0.5, 0.6) is 0 Å². The number of thiazole rings is 1. The molecule has 1 aromatic rings. The minimum Gasteiger partial charge on any atom is -0.478 e. The lowest BCUT2D eigenvalue weighted by molar-refractivity contribution is -0.131. The summed E-state index contributed by atoms with van der Waals surface area (Å²) in [5, 5.41) is 9.71. The number of piperazine rings is 1. The molecular weight excluding hydrogens is 262 g/mol. The van der Waals surface area contributed by atoms with Gasteiger partial charge in [0, 0.05) is 32.3 Å². The van der Waals surface area contributed by atoms with Crippen molar-refractivity contribution in [2.45, 2.75) is 13.3 Å². The second-order valence-corrected chi connectivity index (χ2v) is 5.63. The molecule has 0 unspecified atom stereocenters. The molecule has 1 fully saturated rings. The molecule has 1 aliphatic heterocycles. The van der Waals surface area contributed by atoms with Crippen LogP contribution in [0.3, 0.4) is 0 Å². The van der Waals surface area contributed by atoms with Gasteiger partial charge in [-0.2, -0.15) is 0 Å². The molecule has 0 radical (unpaired) electrons. The summed E-state index contributed by atoms with van der Waals surface area (Å²) in [5.41, 5.74) is 0.983. The molecule has 5 nitrogen and oxygen atoms in total. The lowest BCUT2D eigenvalue weighted by Gasteiger charge is -2.32. The van der Waals surface area contributed by atoms with Crippen molar-refractivity contribution in [3.05, 3.63) is 16.6 Å². The maximum atomic E-state index is 10.6. The standard InChI is InChI=1S/C13H19N3O2S/c1-3-10-11(4-5-12(17)18)19-13(14-10)16-8-6-15(2)7-9-16/h4-5H,3,6-9H2,1-2H3,(H,17,18)/b5-4+. The Balaban J connectivity index is 2.16. The molecule has 1 aliphatic rings. The van der Waals surface area contributed by atoms with Crippen molar-refractivity contribution in [1.29, 1.82) is 0 Å². The number of nitrogens with zero attached hydrogens (tertiary/aromatic N) is 3. The van der Waals surface area contributed by atoms with E-state index in [1.807, 2.05) is 6.92 Å². The second-order valence-electron chi connectivity index (χ2n) is 4.62. The smallest absolute Gasteiger partial charge is 0.328 e. The number of carbonyl (C=O) groups is 1. The van der Waals surface area contributed by atoms with E-state index in [9.17, 15) is 4.79 Å². The van der Waals surface area contributed by atoms with Gasteiger partial charge in [-0.3, -0.25) is 0 Å². The van der Waals surface area contributed by atoms with Gasteiger partial charge >= 0.3 is 5.97 Å². The van der Waals surface area contributed by atoms with Gasteiger partial charge in [0.05, 0.1) is 10.6 Å². The summed E-state index contributed by atoms with van der Waals surface area (Å²) in [6.07, 6.45) is 3.66. The van der Waals surface area contributed by atoms with Crippen molar-refractivity contribution in [2.75, 3.05) is 38.1 Å². The zero-order valence-electron chi connectivity index (χ0n) is 11.3. The van der Waals surface area contributed by atoms with Crippen LogP contribution in [0.1, 0.15) is 17.5 Å². The number of hydrogen-bond acceptors (Lipinski definition) is 5. The number of rotatable bonds is 4. The summed E-state index contributed by atoms with van der Waals surface area (Å²) in [5.74, 6) is -0.920. The van der Waals surface area contributed by atoms with Crippen LogP contribution >= 0.6 is 11.3 Å². The van der Waals surface area contributed by atoms with E-state index in [-0.39, 0.29) is 0 Å². The second kappa shape index (κ2) is 6.16. The molecule has 1 N–H and O–H groups in total. The van der Waals surface area contributed by atoms with Crippen LogP contribution in [0, 0.1) is 0 Å². The Morgan fingerprint density at radius 1 is 1.42 bits per heavy atom. The predicted octanol–water partition coefficient (Wildman–Crippen LogP) is 1.56. The third-order valence-electron chi connectivity index (χ3n) is 3.20. The van der Waals surface area contributed by atoms with Gasteiger partial charge in [-0.1, -0.05) is 18.3 Å². The van der Waals surface area contributed by atoms with Crippen molar-refractivity contribution in [2.24, 2.45) is 0 Å². The quantitative estimate of drug-likeness (QED) is 0.849. The number of hydrogen-bond donors (Lipinski definition) is 1. The van der Waals surface area contributed by atoms with E-state index in [1.54, 1.807) is 17.4 Å². The maximum Gasteiger partial charge on any atom is 0.328 e. The van der Waals surface area contributed by atoms with Crippen LogP contribution in [0.2, 0.25) is 0 Å². The van der Waals surface area contributed by atoms with Gasteiger partial charge in [-0.05, 0) is 19.5 Å². The summed E-state index contributed by atoms with van der Waals surface area (Å²) in [6.45, 7) is 6.09. The summed E-state index contributed by atoms with van der Waals surface area (Å²) in [4.78, 5) is 20.8. The number of anilines is 1. The first-order valence-electron chi connectivity index (χ1n) is 6.44. The summed E-state index contributed by atoms with van der Waals surface area (Å²) in [7, 11) is 2.12. The average molecular weight is 281 g/mol. The van der Waals surface area contributed by atoms with Crippen molar-refractivity contribution in [1.82, 2.24) is 9.88 Å². The van der Waals surface area contributed by atoms with Crippen molar-refractivity contribution >= 4 is 28.5 Å². The molecule has 2 heterocycles. The summed E-state index contributed by atoms with van der Waals surface area (Å²) in [6, 6.07) is 0. The molecule has 0 aliphatic carbocycles. The Hall–Kier alpha value is -1.40. The highest BCUT2D eigenvalue weighted by molar-refractivity contribution is 7.16. The highest BCUT2D eigenvalue weighted by Crippen LogP contribution is 2.28. The van der Waals surface area contributed by atoms with Crippen LogP contribution in [0.25, 0.3) is 6.08 Å². The van der Waals surface area contributed by atoms with E-state index >= 15 is 0 Å². The highest BCUT2D eigenvalue weighted by atomic mass is 32.1. The van der Waals surface area contributed by atoms with Gasteiger partial charge in [-0.15, -0.1) is 0 Å². The van der Waals surface area contributed by atoms with E-state index in [2.05, 4.69) is 21.8 Å². The predicted molar refractivity (Wildman–Crippen MR) is 77.9 cm³/mol. The third-order valence-corrected chi connectivity index (χ3v) is 4.33. The van der Waals surface area contributed by atoms with Crippen LogP contribution < -0.4 is 4.90 Å². The molecule has 0 amide bonds. The number of carboxylic acid groups (broad SMARTS) is 1. The van der Waals surface area contributed by atoms with E-state index < -0.39 is 5.97 Å². The molecule has 1 aromatic heterocycles. The van der Waals surface area contributed by atoms with Crippen LogP contribution in [-0.4, -0.2) is 54.2 Å². The molecule has 0 spiro atoms. The van der Waals surface area contributed by atoms with E-state index in [1.165, 1.54) is 6.08 Å². The minimum atomic E-state index is -0.920. The first kappa shape index (κ1) is 14.0. The Kier molecular flexibility index (Phi) is 4.55. The molecule has 1 saturated heterocycles. The molecule has 0 bridgehead atoms. The molecule has 0 aromatic carbocycles. The van der Waals surface area contributed by atoms with Gasteiger partial charge < -0.3 is 14.9 Å². The van der Waals surface area contributed by atoms with Crippen molar-refractivity contribution in [3.63, 3.8) is 0 Å². The van der Waals surface area contributed by atoms with E-state index in [0.717, 1.165) is 48.3 Å². The molecule has 2 rings (SSSR count). The number of carboxylic acids is 1. The first-order chi connectivity index (χ1) is 9.10. The average Bonchev–Trinajstić information content (AvgIpc) is 2.80. The number of aromatic nitrogens is 1. The minimum absolute atomic E-state index is 0.823. The number of likely N-dealkylation sites (N-methyl/N-ethyl adjacent to an activating group) is 1. The van der Waals surface area contributed by atoms with Gasteiger partial charge in [0.25, 0.3) is 0 Å². The number of aryl methyl sites for hydroxylation is 1. The summed E-state index contributed by atoms with van der Waals surface area (Å²) >= 11 is 1.58. The van der Waals surface area contributed by atoms with E-state index in [4.69, 9.17) is 5.11 Å². The van der Waals surface area contributed by atoms with Gasteiger partial charge in [0.15, 0.2) is 5.13 Å². The maximum absolute atomic E-state index is 10.6. The topological polar surface area (TPSA) is 56.7 Å². The van der Waals surface area contributed by atoms with Gasteiger partial charge in [-0.25, -0.2) is 9.78 Å². The van der Waals surface area contributed by atoms with Gasteiger partial charge in [0.1, 0.15) is 0 Å². The van der Waals surface area contributed by atoms with Crippen molar-refractivity contribution in [3.8, 4) is 0 Å². The SMILES string of the molecule is CCc1nc(N2CCN(C)CC2)sc1/C=C/C(=O)O. The van der Waals surface area contributed by atoms with Crippen molar-refractivity contribution < 1.29 is 9.90 Å². The first-order valence-corrected chi connectivity index (χ1v) is 7.26. The largest absolute Gasteiger partial charge is 0.478 e. The van der Waals surface area contributed by atoms with E-state index in [0.29, 0.717) is 0 Å². The fourth-order valence-electron chi connectivity index (χ4n) is 2.01. The molecular formula is C13H19N3O2S. The Bertz CT molecular complexity index is 476. The fourth-order valence-corrected chi connectivity index (χ4v) is 3.12. The van der Waals surface area contributed by atoms with Gasteiger partial charge in [0.2, 0.25) is 0 Å². The normalized spacial score (nSPS) is 17.3. The zero-order chi connectivity index (χ0) is 13.8. The molecule has 6 heteroatoms. The number of aliphatic carboxylic acids is 1. The Morgan fingerprint density at radius 3 is 2.68 bits per heavy atom. The molecule has 19 heavy (non-hydrogen) atoms. The lowest BCUT2D eigenvalue weighted by Crippen LogP contribution is -2.44. The molecule has 0 saturated carbocycles. The fraction of sp³-hybridized carbons (Fsp3) is 0.538. The van der Waals surface area contributed by atoms with Crippen LogP contribution in [0.15, 0.2) is 6.08 Å². The van der Waals surface area contributed by atoms with Crippen LogP contribution in [-0.2, 0) is 11.2 Å².